The van der Waals surface area contributed by atoms with Crippen molar-refractivity contribution in [2.45, 2.75) is 23.3 Å². The summed E-state index contributed by atoms with van der Waals surface area (Å²) in [4.78, 5) is 20.0. The molecule has 0 aromatic heterocycles. The largest absolute Gasteiger partial charge is 0.612 e. The van der Waals surface area contributed by atoms with Crippen molar-refractivity contribution < 1.29 is 19.2 Å². The molecule has 0 bridgehead atoms. The van der Waals surface area contributed by atoms with E-state index in [1.807, 2.05) is 36.4 Å². The number of nitrogens with one attached hydrogen (secondary N) is 1. The number of carbonyl (C=O) groups is 1. The molecule has 2 aromatic rings. The Bertz CT molecular complexity index is 961. The zero-order valence-corrected chi connectivity index (χ0v) is 17.8. The second-order valence-electron chi connectivity index (χ2n) is 7.45. The van der Waals surface area contributed by atoms with Gasteiger partial charge in [0.05, 0.1) is 20.2 Å². The molecule has 158 valence electrons. The maximum atomic E-state index is 13.3. The van der Waals surface area contributed by atoms with Gasteiger partial charge in [0.1, 0.15) is 23.9 Å². The molecule has 2 aliphatic heterocycles. The molecule has 0 fully saturated rings. The number of hydrogen-bond donors (Lipinski definition) is 2. The topological polar surface area (TPSA) is 97.2 Å². The lowest BCUT2D eigenvalue weighted by molar-refractivity contribution is -0.127. The SMILES string of the molecule is COc1ccc([C@H]2Cc3cc([S+](C)[O-])ccc3N(CC3=NCCN3)C(=O)[C@H]2O)cc1. The van der Waals surface area contributed by atoms with Crippen LogP contribution in [0, 0.1) is 0 Å². The molecule has 3 atom stereocenters. The van der Waals surface area contributed by atoms with Crippen LogP contribution >= 0.6 is 0 Å². The van der Waals surface area contributed by atoms with Gasteiger partial charge in [0.2, 0.25) is 0 Å². The van der Waals surface area contributed by atoms with Gasteiger partial charge >= 0.3 is 0 Å². The molecule has 1 unspecified atom stereocenters. The van der Waals surface area contributed by atoms with Gasteiger partial charge in [-0.1, -0.05) is 12.1 Å². The Morgan fingerprint density at radius 2 is 2.07 bits per heavy atom. The molecule has 2 aromatic carbocycles. The molecule has 0 saturated carbocycles. The van der Waals surface area contributed by atoms with Crippen molar-refractivity contribution in [3.63, 3.8) is 0 Å². The minimum absolute atomic E-state index is 0.271. The number of ether oxygens (including phenoxy) is 1. The van der Waals surface area contributed by atoms with Gasteiger partial charge in [-0.3, -0.25) is 9.79 Å². The molecular formula is C22H25N3O4S. The summed E-state index contributed by atoms with van der Waals surface area (Å²) in [7, 11) is 1.60. The van der Waals surface area contributed by atoms with Crippen molar-refractivity contribution in [1.82, 2.24) is 5.32 Å². The van der Waals surface area contributed by atoms with Crippen molar-refractivity contribution >= 4 is 28.6 Å². The number of amides is 1. The summed E-state index contributed by atoms with van der Waals surface area (Å²) < 4.78 is 17.3. The van der Waals surface area contributed by atoms with Crippen LogP contribution in [-0.4, -0.2) is 60.5 Å². The lowest BCUT2D eigenvalue weighted by atomic mass is 9.88. The number of hydrogen-bond acceptors (Lipinski definition) is 6. The summed E-state index contributed by atoms with van der Waals surface area (Å²) in [5.74, 6) is 0.652. The number of nitrogens with zero attached hydrogens (tertiary/aromatic N) is 2. The van der Waals surface area contributed by atoms with Crippen LogP contribution in [0.3, 0.4) is 0 Å². The zero-order chi connectivity index (χ0) is 21.3. The molecule has 0 saturated heterocycles. The first-order chi connectivity index (χ1) is 14.5. The minimum Gasteiger partial charge on any atom is -0.612 e. The smallest absolute Gasteiger partial charge is 0.256 e. The number of rotatable bonds is 5. The van der Waals surface area contributed by atoms with Gasteiger partial charge in [-0.05, 0) is 59.1 Å². The summed E-state index contributed by atoms with van der Waals surface area (Å²) in [6.45, 7) is 1.69. The van der Waals surface area contributed by atoms with Crippen LogP contribution < -0.4 is 15.0 Å². The minimum atomic E-state index is -1.21. The first-order valence-corrected chi connectivity index (χ1v) is 11.4. The predicted octanol–water partition coefficient (Wildman–Crippen LogP) is 1.47. The molecule has 30 heavy (non-hydrogen) atoms. The van der Waals surface area contributed by atoms with Gasteiger partial charge in [-0.25, -0.2) is 0 Å². The maximum absolute atomic E-state index is 13.3. The summed E-state index contributed by atoms with van der Waals surface area (Å²) in [5.41, 5.74) is 2.46. The molecule has 2 N–H and O–H groups in total. The van der Waals surface area contributed by atoms with Gasteiger partial charge in [0.25, 0.3) is 5.91 Å². The number of aliphatic hydroxyl groups is 1. The van der Waals surface area contributed by atoms with Gasteiger partial charge < -0.3 is 24.6 Å². The number of fused-ring (bicyclic) bond motifs is 1. The lowest BCUT2D eigenvalue weighted by Crippen LogP contribution is -2.45. The second kappa shape index (κ2) is 8.67. The Morgan fingerprint density at radius 3 is 2.70 bits per heavy atom. The van der Waals surface area contributed by atoms with Crippen molar-refractivity contribution in [2.75, 3.05) is 37.9 Å². The van der Waals surface area contributed by atoms with E-state index in [2.05, 4.69) is 10.3 Å². The predicted molar refractivity (Wildman–Crippen MR) is 117 cm³/mol. The Kier molecular flexibility index (Phi) is 5.99. The highest BCUT2D eigenvalue weighted by molar-refractivity contribution is 7.90. The monoisotopic (exact) mass is 427 g/mol. The van der Waals surface area contributed by atoms with Crippen LogP contribution in [-0.2, 0) is 22.4 Å². The number of aliphatic imine (C=N–C) groups is 1. The van der Waals surface area contributed by atoms with E-state index in [4.69, 9.17) is 4.74 Å². The standard InChI is InChI=1S/C22H25N3O4S/c1-29-16-5-3-14(4-6-16)18-12-15-11-17(30(2)28)7-8-19(15)25(22(27)21(18)26)13-20-23-9-10-24-20/h3-8,11,18,21,26H,9-10,12-13H2,1-2H3,(H,23,24)/t18-,21+,30?/m1/s1. The molecule has 4 rings (SSSR count). The maximum Gasteiger partial charge on any atom is 0.256 e. The highest BCUT2D eigenvalue weighted by Gasteiger charge is 2.37. The van der Waals surface area contributed by atoms with Crippen LogP contribution in [0.2, 0.25) is 0 Å². The molecule has 7 nitrogen and oxygen atoms in total. The third-order valence-electron chi connectivity index (χ3n) is 5.61. The number of anilines is 1. The van der Waals surface area contributed by atoms with E-state index in [1.165, 1.54) is 0 Å². The first-order valence-electron chi connectivity index (χ1n) is 9.85. The normalized spacial score (nSPS) is 22.1. The van der Waals surface area contributed by atoms with Crippen molar-refractivity contribution in [1.29, 1.82) is 0 Å². The van der Waals surface area contributed by atoms with E-state index in [1.54, 1.807) is 24.3 Å². The Balaban J connectivity index is 1.76. The summed E-state index contributed by atoms with van der Waals surface area (Å²) in [6, 6.07) is 12.9. The highest BCUT2D eigenvalue weighted by Crippen LogP contribution is 2.36. The van der Waals surface area contributed by atoms with Gasteiger partial charge in [-0.15, -0.1) is 0 Å². The second-order valence-corrected chi connectivity index (χ2v) is 8.83. The van der Waals surface area contributed by atoms with E-state index in [9.17, 15) is 14.5 Å². The average molecular weight is 428 g/mol. The molecule has 0 radical (unpaired) electrons. The number of carbonyl (C=O) groups excluding carboxylic acids is 1. The number of benzene rings is 2. The molecule has 2 heterocycles. The van der Waals surface area contributed by atoms with Gasteiger partial charge in [-0.2, -0.15) is 0 Å². The summed E-state index contributed by atoms with van der Waals surface area (Å²) >= 11 is -1.14. The molecule has 8 heteroatoms. The van der Waals surface area contributed by atoms with Crippen molar-refractivity contribution in [2.24, 2.45) is 4.99 Å². The van der Waals surface area contributed by atoms with Crippen LogP contribution in [0.5, 0.6) is 5.75 Å². The van der Waals surface area contributed by atoms with E-state index < -0.39 is 23.2 Å². The van der Waals surface area contributed by atoms with Crippen molar-refractivity contribution in [3.05, 3.63) is 53.6 Å². The molecule has 1 amide bonds. The van der Waals surface area contributed by atoms with Crippen LogP contribution in [0.15, 0.2) is 52.4 Å². The average Bonchev–Trinajstić information content (AvgIpc) is 3.25. The van der Waals surface area contributed by atoms with Crippen molar-refractivity contribution in [3.8, 4) is 5.75 Å². The number of aliphatic hydroxyl groups excluding tert-OH is 1. The fraction of sp³-hybridized carbons (Fsp3) is 0.364. The summed E-state index contributed by atoms with van der Waals surface area (Å²) in [5, 5.41) is 14.2. The number of amidine groups is 1. The molecular weight excluding hydrogens is 402 g/mol. The fourth-order valence-corrected chi connectivity index (χ4v) is 4.55. The van der Waals surface area contributed by atoms with Gasteiger partial charge in [0.15, 0.2) is 4.90 Å². The van der Waals surface area contributed by atoms with Crippen LogP contribution in [0.4, 0.5) is 5.69 Å². The van der Waals surface area contributed by atoms with Crippen LogP contribution in [0.1, 0.15) is 17.0 Å². The molecule has 0 aliphatic carbocycles. The van der Waals surface area contributed by atoms with E-state index in [0.717, 1.165) is 29.2 Å². The summed E-state index contributed by atoms with van der Waals surface area (Å²) in [6.07, 6.45) is 0.882. The fourth-order valence-electron chi connectivity index (χ4n) is 3.98. The van der Waals surface area contributed by atoms with E-state index in [-0.39, 0.29) is 12.5 Å². The highest BCUT2D eigenvalue weighted by atomic mass is 32.2. The Labute approximate surface area is 178 Å². The molecule has 0 spiro atoms. The van der Waals surface area contributed by atoms with Crippen LogP contribution in [0.25, 0.3) is 0 Å². The molecule has 2 aliphatic rings. The Morgan fingerprint density at radius 1 is 1.30 bits per heavy atom. The zero-order valence-electron chi connectivity index (χ0n) is 17.0. The lowest BCUT2D eigenvalue weighted by Gasteiger charge is -2.25. The third kappa shape index (κ3) is 4.03. The first kappa shape index (κ1) is 20.7. The van der Waals surface area contributed by atoms with Gasteiger partial charge in [0, 0.05) is 18.2 Å². The van der Waals surface area contributed by atoms with E-state index in [0.29, 0.717) is 23.6 Å². The quantitative estimate of drug-likeness (QED) is 0.705. The number of methoxy groups -OCH3 is 1. The Hall–Kier alpha value is -2.55. The van der Waals surface area contributed by atoms with E-state index >= 15 is 0 Å². The third-order valence-corrected chi connectivity index (χ3v) is 6.53.